The van der Waals surface area contributed by atoms with Crippen LogP contribution >= 0.6 is 0 Å². The predicted octanol–water partition coefficient (Wildman–Crippen LogP) is 12.0. The van der Waals surface area contributed by atoms with E-state index in [1.54, 1.807) is 0 Å². The minimum absolute atomic E-state index is 0.0800. The van der Waals surface area contributed by atoms with E-state index in [-0.39, 0.29) is 25.2 Å². The Balaban J connectivity index is 3.58. The smallest absolute Gasteiger partial charge is 0.306 e. The largest absolute Gasteiger partial charge is 0.462 e. The molecule has 0 aromatic rings. The highest BCUT2D eigenvalue weighted by atomic mass is 16.6. The van der Waals surface area contributed by atoms with Gasteiger partial charge in [0.15, 0.2) is 6.10 Å². The van der Waals surface area contributed by atoms with E-state index >= 15 is 0 Å². The standard InChI is InChI=1S/C42H72O5/c1-3-5-7-9-11-13-15-17-18-19-20-21-22-23-25-27-29-31-33-35-37-42(45)47-40(38-43)39-46-41(44)36-34-32-30-28-26-24-16-14-12-10-8-6-4-2/h6,8,10,12-18,40,43H,3-5,7,9,11,19-39H2,1-2H3/b8-6+,12-10+,15-13+,16-14+,18-17+. The zero-order chi connectivity index (χ0) is 34.3. The Labute approximate surface area is 290 Å². The summed E-state index contributed by atoms with van der Waals surface area (Å²) in [4.78, 5) is 24.2. The van der Waals surface area contributed by atoms with Crippen LogP contribution in [0.2, 0.25) is 0 Å². The quantitative estimate of drug-likeness (QED) is 0.0424. The van der Waals surface area contributed by atoms with Crippen LogP contribution in [0.3, 0.4) is 0 Å². The number of rotatable bonds is 34. The van der Waals surface area contributed by atoms with Gasteiger partial charge in [-0.2, -0.15) is 0 Å². The van der Waals surface area contributed by atoms with Crippen LogP contribution < -0.4 is 0 Å². The second-order valence-corrected chi connectivity index (χ2v) is 12.7. The zero-order valence-electron chi connectivity index (χ0n) is 30.5. The van der Waals surface area contributed by atoms with Crippen LogP contribution in [0.5, 0.6) is 0 Å². The van der Waals surface area contributed by atoms with Crippen molar-refractivity contribution in [2.45, 2.75) is 180 Å². The van der Waals surface area contributed by atoms with Crippen molar-refractivity contribution >= 4 is 11.9 Å². The topological polar surface area (TPSA) is 72.8 Å². The van der Waals surface area contributed by atoms with Gasteiger partial charge < -0.3 is 14.6 Å². The van der Waals surface area contributed by atoms with Crippen molar-refractivity contribution in [2.75, 3.05) is 13.2 Å². The Hall–Kier alpha value is -2.40. The molecule has 0 saturated carbocycles. The molecule has 0 spiro atoms. The van der Waals surface area contributed by atoms with E-state index in [9.17, 15) is 14.7 Å². The third-order valence-electron chi connectivity index (χ3n) is 8.13. The van der Waals surface area contributed by atoms with E-state index in [4.69, 9.17) is 9.47 Å². The van der Waals surface area contributed by atoms with Crippen LogP contribution in [-0.4, -0.2) is 36.4 Å². The van der Waals surface area contributed by atoms with Gasteiger partial charge in [-0.05, 0) is 57.8 Å². The van der Waals surface area contributed by atoms with Crippen molar-refractivity contribution < 1.29 is 24.2 Å². The van der Waals surface area contributed by atoms with Crippen molar-refractivity contribution in [1.82, 2.24) is 0 Å². The average molecular weight is 657 g/mol. The molecule has 0 saturated heterocycles. The molecule has 5 heteroatoms. The summed E-state index contributed by atoms with van der Waals surface area (Å²) in [7, 11) is 0. The second kappa shape index (κ2) is 38.1. The number of esters is 2. The lowest BCUT2D eigenvalue weighted by Crippen LogP contribution is -2.28. The highest BCUT2D eigenvalue weighted by Gasteiger charge is 2.16. The van der Waals surface area contributed by atoms with Gasteiger partial charge in [0, 0.05) is 12.8 Å². The van der Waals surface area contributed by atoms with Crippen LogP contribution in [0.15, 0.2) is 60.8 Å². The molecule has 0 amide bonds. The van der Waals surface area contributed by atoms with Crippen LogP contribution in [-0.2, 0) is 19.1 Å². The van der Waals surface area contributed by atoms with Gasteiger partial charge in [-0.1, -0.05) is 164 Å². The summed E-state index contributed by atoms with van der Waals surface area (Å²) in [5.74, 6) is -0.622. The fraction of sp³-hybridized carbons (Fsp3) is 0.714. The summed E-state index contributed by atoms with van der Waals surface area (Å²) in [6, 6.07) is 0. The molecule has 0 fully saturated rings. The Morgan fingerprint density at radius 1 is 0.511 bits per heavy atom. The Morgan fingerprint density at radius 2 is 0.915 bits per heavy atom. The van der Waals surface area contributed by atoms with Gasteiger partial charge in [0.1, 0.15) is 6.61 Å². The van der Waals surface area contributed by atoms with Crippen molar-refractivity contribution in [3.63, 3.8) is 0 Å². The summed E-state index contributed by atoms with van der Waals surface area (Å²) in [5.41, 5.74) is 0. The molecule has 0 rings (SSSR count). The fourth-order valence-corrected chi connectivity index (χ4v) is 5.19. The molecule has 0 aromatic carbocycles. The third kappa shape index (κ3) is 36.3. The number of carbonyl (C=O) groups is 2. The molecule has 0 aliphatic rings. The van der Waals surface area contributed by atoms with Gasteiger partial charge in [0.2, 0.25) is 0 Å². The van der Waals surface area contributed by atoms with Gasteiger partial charge in [0.05, 0.1) is 6.61 Å². The van der Waals surface area contributed by atoms with Crippen LogP contribution in [0, 0.1) is 0 Å². The molecular formula is C42H72O5. The average Bonchev–Trinajstić information content (AvgIpc) is 3.07. The van der Waals surface area contributed by atoms with Crippen molar-refractivity contribution in [3.05, 3.63) is 60.8 Å². The lowest BCUT2D eigenvalue weighted by molar-refractivity contribution is -0.161. The first-order valence-electron chi connectivity index (χ1n) is 19.4. The summed E-state index contributed by atoms with van der Waals surface area (Å²) < 4.78 is 10.6. The maximum Gasteiger partial charge on any atom is 0.306 e. The van der Waals surface area contributed by atoms with Crippen molar-refractivity contribution in [1.29, 1.82) is 0 Å². The number of hydrogen-bond donors (Lipinski definition) is 1. The van der Waals surface area contributed by atoms with E-state index < -0.39 is 6.10 Å². The number of ether oxygens (including phenoxy) is 2. The maximum absolute atomic E-state index is 12.2. The molecule has 270 valence electrons. The molecule has 1 unspecified atom stereocenters. The molecule has 1 atom stereocenters. The first-order chi connectivity index (χ1) is 23.1. The number of carbonyl (C=O) groups excluding carboxylic acids is 2. The Morgan fingerprint density at radius 3 is 1.38 bits per heavy atom. The van der Waals surface area contributed by atoms with Crippen molar-refractivity contribution in [3.8, 4) is 0 Å². The van der Waals surface area contributed by atoms with Gasteiger partial charge in [-0.3, -0.25) is 9.59 Å². The molecule has 1 N–H and O–H groups in total. The van der Waals surface area contributed by atoms with E-state index in [0.29, 0.717) is 12.8 Å². The van der Waals surface area contributed by atoms with Crippen LogP contribution in [0.4, 0.5) is 0 Å². The number of aliphatic hydroxyl groups is 1. The van der Waals surface area contributed by atoms with E-state index in [1.165, 1.54) is 83.5 Å². The highest BCUT2D eigenvalue weighted by molar-refractivity contribution is 5.70. The van der Waals surface area contributed by atoms with Crippen molar-refractivity contribution in [2.24, 2.45) is 0 Å². The minimum Gasteiger partial charge on any atom is -0.462 e. The summed E-state index contributed by atoms with van der Waals surface area (Å²) >= 11 is 0. The summed E-state index contributed by atoms with van der Waals surface area (Å²) in [6.07, 6.45) is 48.5. The van der Waals surface area contributed by atoms with E-state index in [2.05, 4.69) is 68.5 Å². The van der Waals surface area contributed by atoms with Gasteiger partial charge >= 0.3 is 11.9 Å². The molecule has 0 aromatic heterocycles. The minimum atomic E-state index is -0.782. The molecule has 47 heavy (non-hydrogen) atoms. The molecule has 0 radical (unpaired) electrons. The lowest BCUT2D eigenvalue weighted by Gasteiger charge is -2.15. The van der Waals surface area contributed by atoms with Gasteiger partial charge in [-0.15, -0.1) is 0 Å². The number of aliphatic hydroxyl groups excluding tert-OH is 1. The normalized spacial score (nSPS) is 12.8. The highest BCUT2D eigenvalue weighted by Crippen LogP contribution is 2.13. The first-order valence-corrected chi connectivity index (χ1v) is 19.4. The summed E-state index contributed by atoms with van der Waals surface area (Å²) in [5, 5.41) is 9.54. The number of hydrogen-bond acceptors (Lipinski definition) is 5. The molecule has 0 heterocycles. The van der Waals surface area contributed by atoms with Gasteiger partial charge in [-0.25, -0.2) is 0 Å². The third-order valence-corrected chi connectivity index (χ3v) is 8.13. The van der Waals surface area contributed by atoms with Crippen LogP contribution in [0.1, 0.15) is 174 Å². The Bertz CT molecular complexity index is 838. The summed E-state index contributed by atoms with van der Waals surface area (Å²) in [6.45, 7) is 3.95. The molecular weight excluding hydrogens is 584 g/mol. The molecule has 0 aliphatic heterocycles. The first kappa shape index (κ1) is 44.6. The van der Waals surface area contributed by atoms with E-state index in [1.807, 2.05) is 6.08 Å². The predicted molar refractivity (Wildman–Crippen MR) is 200 cm³/mol. The monoisotopic (exact) mass is 657 g/mol. The van der Waals surface area contributed by atoms with Crippen LogP contribution in [0.25, 0.3) is 0 Å². The second-order valence-electron chi connectivity index (χ2n) is 12.7. The number of allylic oxidation sites excluding steroid dienone is 10. The molecule has 5 nitrogen and oxygen atoms in total. The lowest BCUT2D eigenvalue weighted by atomic mass is 10.1. The van der Waals surface area contributed by atoms with E-state index in [0.717, 1.165) is 64.2 Å². The SMILES string of the molecule is CC/C=C/C=C/C=C/CCCCCCCC(=O)OCC(CO)OC(=O)CCCCCCCCCCCC/C=C/C=C/CCCCCC. The molecule has 0 bridgehead atoms. The fourth-order valence-electron chi connectivity index (χ4n) is 5.19. The maximum atomic E-state index is 12.2. The number of unbranched alkanes of at least 4 members (excludes halogenated alkanes) is 19. The Kier molecular flexibility index (Phi) is 36.1. The van der Waals surface area contributed by atoms with Gasteiger partial charge in [0.25, 0.3) is 0 Å². The molecule has 0 aliphatic carbocycles. The zero-order valence-corrected chi connectivity index (χ0v) is 30.5.